The number of carbonyl (C=O) groups excluding carboxylic acids is 2. The number of amides is 3. The van der Waals surface area contributed by atoms with Crippen LogP contribution < -0.4 is 10.6 Å². The first-order chi connectivity index (χ1) is 10.5. The fourth-order valence-corrected chi connectivity index (χ4v) is 4.03. The van der Waals surface area contributed by atoms with Crippen molar-refractivity contribution < 1.29 is 9.59 Å². The number of carbonyl (C=O) groups is 2. The lowest BCUT2D eigenvalue weighted by Gasteiger charge is -2.08. The molecule has 1 aromatic carbocycles. The summed E-state index contributed by atoms with van der Waals surface area (Å²) in [5, 5.41) is 8.53. The summed E-state index contributed by atoms with van der Waals surface area (Å²) in [6.07, 6.45) is 0. The number of rotatable bonds is 4. The van der Waals surface area contributed by atoms with E-state index in [2.05, 4.69) is 15.7 Å². The van der Waals surface area contributed by atoms with Gasteiger partial charge in [0, 0.05) is 7.05 Å². The fraction of sp³-hybridized carbons (Fsp3) is 0.231. The molecular weight excluding hydrogens is 340 g/mol. The first-order valence-corrected chi connectivity index (χ1v) is 8.46. The largest absolute Gasteiger partial charge is 0.341 e. The maximum atomic E-state index is 11.8. The molecule has 6 nitrogen and oxygen atoms in total. The van der Waals surface area contributed by atoms with E-state index in [1.807, 2.05) is 30.3 Å². The molecule has 0 radical (unpaired) electrons. The van der Waals surface area contributed by atoms with Crippen molar-refractivity contribution in [3.63, 3.8) is 0 Å². The average molecular weight is 354 g/mol. The molecule has 0 unspecified atom stereocenters. The van der Waals surface area contributed by atoms with Crippen LogP contribution in [-0.2, 0) is 4.79 Å². The highest BCUT2D eigenvalue weighted by atomic mass is 32.2. The summed E-state index contributed by atoms with van der Waals surface area (Å²) in [5.41, 5.74) is 0.873. The molecule has 0 aliphatic carbocycles. The normalized spacial score (nSPS) is 11.7. The number of urea groups is 1. The van der Waals surface area contributed by atoms with Crippen molar-refractivity contribution >= 4 is 47.3 Å². The van der Waals surface area contributed by atoms with Gasteiger partial charge in [0.25, 0.3) is 0 Å². The second kappa shape index (κ2) is 7.52. The minimum absolute atomic E-state index is 0.378. The molecule has 0 saturated carbocycles. The SMILES string of the molecule is CNC(=O)NC(=O)[C@H](C)Sc1nn(-c2ccccc2)c(=S)s1. The predicted molar refractivity (Wildman–Crippen MR) is 90.2 cm³/mol. The van der Waals surface area contributed by atoms with Gasteiger partial charge in [0.2, 0.25) is 5.91 Å². The molecule has 2 rings (SSSR count). The Kier molecular flexibility index (Phi) is 5.69. The average Bonchev–Trinajstić information content (AvgIpc) is 2.88. The van der Waals surface area contributed by atoms with E-state index in [1.54, 1.807) is 11.6 Å². The lowest BCUT2D eigenvalue weighted by molar-refractivity contribution is -0.119. The highest BCUT2D eigenvalue weighted by Gasteiger charge is 2.19. The van der Waals surface area contributed by atoms with Crippen LogP contribution in [0.15, 0.2) is 34.7 Å². The summed E-state index contributed by atoms with van der Waals surface area (Å²) in [7, 11) is 1.45. The minimum atomic E-state index is -0.528. The summed E-state index contributed by atoms with van der Waals surface area (Å²) in [6.45, 7) is 1.71. The number of aromatic nitrogens is 2. The van der Waals surface area contributed by atoms with Crippen molar-refractivity contribution in [3.8, 4) is 5.69 Å². The van der Waals surface area contributed by atoms with Crippen LogP contribution in [0, 0.1) is 3.95 Å². The van der Waals surface area contributed by atoms with Gasteiger partial charge in [-0.1, -0.05) is 41.3 Å². The first-order valence-electron chi connectivity index (χ1n) is 6.36. The van der Waals surface area contributed by atoms with Crippen LogP contribution in [0.25, 0.3) is 5.69 Å². The van der Waals surface area contributed by atoms with Crippen LogP contribution >= 0.6 is 35.3 Å². The highest BCUT2D eigenvalue weighted by Crippen LogP contribution is 2.27. The molecular formula is C13H14N4O2S3. The fourth-order valence-electron chi connectivity index (χ4n) is 1.52. The highest BCUT2D eigenvalue weighted by molar-refractivity contribution is 8.02. The van der Waals surface area contributed by atoms with E-state index >= 15 is 0 Å². The van der Waals surface area contributed by atoms with Crippen LogP contribution in [0.2, 0.25) is 0 Å². The molecule has 1 heterocycles. The molecule has 2 aromatic rings. The van der Waals surface area contributed by atoms with E-state index in [0.717, 1.165) is 5.69 Å². The van der Waals surface area contributed by atoms with Gasteiger partial charge in [0.1, 0.15) is 0 Å². The molecule has 0 saturated heterocycles. The van der Waals surface area contributed by atoms with E-state index in [0.29, 0.717) is 8.29 Å². The number of imide groups is 1. The van der Waals surface area contributed by atoms with Crippen LogP contribution in [0.5, 0.6) is 0 Å². The van der Waals surface area contributed by atoms with Crippen molar-refractivity contribution in [1.82, 2.24) is 20.4 Å². The molecule has 0 fully saturated rings. The maximum Gasteiger partial charge on any atom is 0.321 e. The quantitative estimate of drug-likeness (QED) is 0.652. The molecule has 3 amide bonds. The third kappa shape index (κ3) is 4.15. The molecule has 116 valence electrons. The Morgan fingerprint density at radius 2 is 2.05 bits per heavy atom. The van der Waals surface area contributed by atoms with E-state index in [-0.39, 0.29) is 5.91 Å². The van der Waals surface area contributed by atoms with Gasteiger partial charge in [-0.25, -0.2) is 9.48 Å². The Balaban J connectivity index is 2.10. The zero-order valence-electron chi connectivity index (χ0n) is 11.9. The van der Waals surface area contributed by atoms with Crippen LogP contribution in [0.1, 0.15) is 6.92 Å². The topological polar surface area (TPSA) is 76.0 Å². The van der Waals surface area contributed by atoms with Gasteiger partial charge in [0.15, 0.2) is 8.29 Å². The molecule has 0 aliphatic rings. The van der Waals surface area contributed by atoms with Crippen molar-refractivity contribution in [2.75, 3.05) is 7.05 Å². The van der Waals surface area contributed by atoms with Gasteiger partial charge in [-0.15, -0.1) is 5.10 Å². The Bertz CT molecular complexity index is 726. The molecule has 0 bridgehead atoms. The summed E-state index contributed by atoms with van der Waals surface area (Å²) >= 11 is 7.89. The predicted octanol–water partition coefficient (Wildman–Crippen LogP) is 2.60. The van der Waals surface area contributed by atoms with Crippen molar-refractivity contribution in [2.24, 2.45) is 0 Å². The second-order valence-electron chi connectivity index (χ2n) is 4.21. The van der Waals surface area contributed by atoms with Crippen LogP contribution in [0.4, 0.5) is 4.79 Å². The molecule has 0 spiro atoms. The lowest BCUT2D eigenvalue weighted by atomic mass is 10.3. The zero-order chi connectivity index (χ0) is 16.1. The summed E-state index contributed by atoms with van der Waals surface area (Å²) in [6, 6.07) is 9.02. The van der Waals surface area contributed by atoms with Gasteiger partial charge in [0.05, 0.1) is 10.9 Å². The number of nitrogens with zero attached hydrogens (tertiary/aromatic N) is 2. The van der Waals surface area contributed by atoms with E-state index in [9.17, 15) is 9.59 Å². The van der Waals surface area contributed by atoms with Gasteiger partial charge >= 0.3 is 6.03 Å². The summed E-state index contributed by atoms with van der Waals surface area (Å²) < 4.78 is 2.94. The summed E-state index contributed by atoms with van der Waals surface area (Å²) in [4.78, 5) is 23.0. The third-order valence-corrected chi connectivity index (χ3v) is 5.06. The van der Waals surface area contributed by atoms with E-state index in [1.165, 1.54) is 30.1 Å². The third-order valence-electron chi connectivity index (χ3n) is 2.64. The van der Waals surface area contributed by atoms with Gasteiger partial charge in [-0.05, 0) is 31.3 Å². The smallest absolute Gasteiger partial charge is 0.321 e. The number of para-hydroxylation sites is 1. The Hall–Kier alpha value is -1.71. The number of hydrogen-bond acceptors (Lipinski definition) is 6. The van der Waals surface area contributed by atoms with Gasteiger partial charge in [-0.2, -0.15) is 0 Å². The van der Waals surface area contributed by atoms with Crippen LogP contribution in [0.3, 0.4) is 0 Å². The number of nitrogens with one attached hydrogen (secondary N) is 2. The Labute approximate surface area is 140 Å². The monoisotopic (exact) mass is 354 g/mol. The molecule has 2 N–H and O–H groups in total. The van der Waals surface area contributed by atoms with E-state index in [4.69, 9.17) is 12.2 Å². The number of thioether (sulfide) groups is 1. The maximum absolute atomic E-state index is 11.8. The molecule has 22 heavy (non-hydrogen) atoms. The zero-order valence-corrected chi connectivity index (χ0v) is 14.3. The second-order valence-corrected chi connectivity index (χ2v) is 7.42. The van der Waals surface area contributed by atoms with Crippen molar-refractivity contribution in [3.05, 3.63) is 34.3 Å². The first kappa shape index (κ1) is 16.7. The van der Waals surface area contributed by atoms with Crippen LogP contribution in [-0.4, -0.2) is 34.0 Å². The van der Waals surface area contributed by atoms with E-state index < -0.39 is 11.3 Å². The van der Waals surface area contributed by atoms with Gasteiger partial charge in [-0.3, -0.25) is 10.1 Å². The van der Waals surface area contributed by atoms with Crippen molar-refractivity contribution in [2.45, 2.75) is 16.5 Å². The van der Waals surface area contributed by atoms with Crippen molar-refractivity contribution in [1.29, 1.82) is 0 Å². The van der Waals surface area contributed by atoms with Gasteiger partial charge < -0.3 is 5.32 Å². The molecule has 9 heteroatoms. The Morgan fingerprint density at radius 1 is 1.36 bits per heavy atom. The Morgan fingerprint density at radius 3 is 2.68 bits per heavy atom. The minimum Gasteiger partial charge on any atom is -0.341 e. The number of hydrogen-bond donors (Lipinski definition) is 2. The lowest BCUT2D eigenvalue weighted by Crippen LogP contribution is -2.41. The summed E-state index contributed by atoms with van der Waals surface area (Å²) in [5.74, 6) is -0.378. The number of benzene rings is 1. The standard InChI is InChI=1S/C13H14N4O2S3/c1-8(10(18)15-11(19)14-2)21-12-16-17(13(20)22-12)9-6-4-3-5-7-9/h3-8H,1-2H3,(H2,14,15,18,19)/t8-/m0/s1. The molecule has 1 atom stereocenters. The molecule has 1 aromatic heterocycles. The molecule has 0 aliphatic heterocycles.